The molecule has 3 aliphatic heterocycles. The van der Waals surface area contributed by atoms with E-state index in [0.29, 0.717) is 44.1 Å². The van der Waals surface area contributed by atoms with E-state index in [1.54, 1.807) is 34.7 Å². The van der Waals surface area contributed by atoms with Gasteiger partial charge in [0.2, 0.25) is 65.0 Å². The maximum absolute atomic E-state index is 15.5. The van der Waals surface area contributed by atoms with Crippen molar-refractivity contribution in [2.75, 3.05) is 61.4 Å². The number of nitrogens with one attached hydrogen (secondary N) is 4. The van der Waals surface area contributed by atoms with Crippen LogP contribution in [0.5, 0.6) is 0 Å². The normalized spacial score (nSPS) is 29.0. The third-order valence-corrected chi connectivity index (χ3v) is 21.2. The standard InChI is InChI=1S/C66H99ClF3N11O11/c1-12-39(4)53-63(91)76(8)41(6)60(88)81-37-65(29-16-17-30-65)56(81)64(92)77(9)49(34-42-20-14-13-15-21-42)62(90)75(7)36-50(82)73-47(28-26-43-25-27-45(46(67)33-43)66(68,69)70)61(89)80-31-19-24-48(80)57(85)71-35-52(84)79(11)54(38(2)3)58(86)72-40(5)32-51(83)78(10)55(59(87)74-53)44-22-18-23-44/h25,27,33,38-42,44,47-49,53-56H,12-24,26,28-32,34-37H2,1-11H3,(H,71,85)(H,72,86)(H,73,82)(H,74,87)/t39-,40+,41-,47-,48-,49-,53-,54-,55-,56+/m0/s1. The highest BCUT2D eigenvalue weighted by molar-refractivity contribution is 6.31. The van der Waals surface area contributed by atoms with Crippen molar-refractivity contribution < 1.29 is 65.9 Å². The lowest BCUT2D eigenvalue weighted by Crippen LogP contribution is -2.73. The molecule has 1 spiro atoms. The SMILES string of the molecule is CC[C@H](C)[C@@H]1NC(=O)[C@H](C2CCC2)N(C)C(=O)C[C@@H](C)NC(=O)[C@H](C(C)C)N(C)C(=O)CNC(=O)[C@@H]2CCCN2C(=O)[C@H](CCc2ccc(C(F)(F)F)c(Cl)c2)NC(=O)CN(C)C(=O)[C@H](CC2CCCCC2)N(C)C(=O)[C@H]2N(CC23CCCC3)C(=O)[C@H](C)N(C)C1=O. The minimum atomic E-state index is -4.74. The van der Waals surface area contributed by atoms with E-state index in [0.717, 1.165) is 63.5 Å². The number of hydrogen-bond donors (Lipinski definition) is 4. The summed E-state index contributed by atoms with van der Waals surface area (Å²) < 4.78 is 41.3. The summed E-state index contributed by atoms with van der Waals surface area (Å²) >= 11 is 6.11. The van der Waals surface area contributed by atoms with Crippen molar-refractivity contribution in [3.8, 4) is 0 Å². The van der Waals surface area contributed by atoms with Crippen molar-refractivity contribution in [2.45, 2.75) is 224 Å². The molecule has 1 aromatic rings. The zero-order valence-corrected chi connectivity index (χ0v) is 56.4. The number of aryl methyl sites for hydroxylation is 1. The molecule has 10 atom stereocenters. The number of rotatable bonds is 9. The largest absolute Gasteiger partial charge is 0.417 e. The highest BCUT2D eigenvalue weighted by Gasteiger charge is 2.61. The average Bonchev–Trinajstić information content (AvgIpc) is 1.26. The minimum absolute atomic E-state index is 0.0385. The van der Waals surface area contributed by atoms with Gasteiger partial charge < -0.3 is 55.6 Å². The molecule has 92 heavy (non-hydrogen) atoms. The highest BCUT2D eigenvalue weighted by atomic mass is 35.5. The summed E-state index contributed by atoms with van der Waals surface area (Å²) in [5.74, 6) is -7.61. The molecule has 0 radical (unpaired) electrons. The molecule has 0 aromatic heterocycles. The Balaban J connectivity index is 1.23. The summed E-state index contributed by atoms with van der Waals surface area (Å²) in [7, 11) is 7.36. The summed E-state index contributed by atoms with van der Waals surface area (Å²) in [6, 6.07) is -6.55. The van der Waals surface area contributed by atoms with E-state index in [2.05, 4.69) is 21.3 Å². The molecule has 26 heteroatoms. The third-order valence-electron chi connectivity index (χ3n) is 20.9. The Morgan fingerprint density at radius 2 is 1.34 bits per heavy atom. The molecule has 3 aliphatic carbocycles. The van der Waals surface area contributed by atoms with Gasteiger partial charge in [-0.25, -0.2) is 0 Å². The number of nitrogens with zero attached hydrogens (tertiary/aromatic N) is 7. The van der Waals surface area contributed by atoms with Crippen molar-refractivity contribution in [1.82, 2.24) is 55.6 Å². The fourth-order valence-corrected chi connectivity index (χ4v) is 15.1. The number of hydrogen-bond acceptors (Lipinski definition) is 11. The quantitative estimate of drug-likeness (QED) is 0.247. The summed E-state index contributed by atoms with van der Waals surface area (Å²) in [5.41, 5.74) is -1.35. The van der Waals surface area contributed by atoms with Gasteiger partial charge >= 0.3 is 6.18 Å². The van der Waals surface area contributed by atoms with Crippen molar-refractivity contribution in [3.05, 3.63) is 34.3 Å². The van der Waals surface area contributed by atoms with Crippen LogP contribution in [0, 0.1) is 29.1 Å². The van der Waals surface area contributed by atoms with E-state index < -0.39 is 166 Å². The lowest BCUT2D eigenvalue weighted by Gasteiger charge is -2.57. The van der Waals surface area contributed by atoms with E-state index in [4.69, 9.17) is 11.6 Å². The van der Waals surface area contributed by atoms with Gasteiger partial charge in [-0.05, 0) is 113 Å². The summed E-state index contributed by atoms with van der Waals surface area (Å²) in [4.78, 5) is 170. The molecule has 3 saturated carbocycles. The first-order valence-corrected chi connectivity index (χ1v) is 33.6. The Kier molecular flexibility index (Phi) is 24.7. The van der Waals surface area contributed by atoms with Gasteiger partial charge in [0.1, 0.15) is 48.3 Å². The molecular weight excluding hydrogens is 1220 g/mol. The number of fused-ring (bicyclic) bond motifs is 3. The van der Waals surface area contributed by atoms with Crippen molar-refractivity contribution >= 4 is 76.6 Å². The van der Waals surface area contributed by atoms with Gasteiger partial charge in [0.15, 0.2) is 0 Å². The van der Waals surface area contributed by atoms with Crippen LogP contribution in [0.1, 0.15) is 168 Å². The molecule has 4 N–H and O–H groups in total. The van der Waals surface area contributed by atoms with Gasteiger partial charge in [0.05, 0.1) is 23.7 Å². The number of carbonyl (C=O) groups is 11. The summed E-state index contributed by atoms with van der Waals surface area (Å²) in [5, 5.41) is 10.6. The number of halogens is 4. The van der Waals surface area contributed by atoms with Crippen LogP contribution in [0.3, 0.4) is 0 Å². The second-order valence-electron chi connectivity index (χ2n) is 27.7. The molecule has 11 amide bonds. The van der Waals surface area contributed by atoms with Crippen molar-refractivity contribution in [2.24, 2.45) is 29.1 Å². The van der Waals surface area contributed by atoms with Gasteiger partial charge in [0, 0.05) is 66.2 Å². The number of likely N-dealkylation sites (N-methyl/N-ethyl adjacent to an activating group) is 5. The van der Waals surface area contributed by atoms with E-state index in [-0.39, 0.29) is 57.0 Å². The molecule has 1 aromatic carbocycles. The zero-order chi connectivity index (χ0) is 67.8. The number of carbonyl (C=O) groups excluding carboxylic acids is 11. The lowest BCUT2D eigenvalue weighted by atomic mass is 9.69. The fourth-order valence-electron chi connectivity index (χ4n) is 14.8. The van der Waals surface area contributed by atoms with Gasteiger partial charge in [-0.15, -0.1) is 0 Å². The first kappa shape index (κ1) is 72.9. The van der Waals surface area contributed by atoms with Crippen LogP contribution in [0.2, 0.25) is 5.02 Å². The van der Waals surface area contributed by atoms with Crippen molar-refractivity contribution in [3.63, 3.8) is 0 Å². The Morgan fingerprint density at radius 3 is 1.93 bits per heavy atom. The maximum atomic E-state index is 15.5. The summed E-state index contributed by atoms with van der Waals surface area (Å²) in [6.45, 7) is 9.46. The smallest absolute Gasteiger partial charge is 0.351 e. The minimum Gasteiger partial charge on any atom is -0.351 e. The van der Waals surface area contributed by atoms with E-state index >= 15 is 14.4 Å². The molecule has 0 unspecified atom stereocenters. The average molecular weight is 1320 g/mol. The van der Waals surface area contributed by atoms with Crippen molar-refractivity contribution in [1.29, 1.82) is 0 Å². The zero-order valence-electron chi connectivity index (χ0n) is 55.6. The van der Waals surface area contributed by atoms with Gasteiger partial charge in [-0.2, -0.15) is 13.2 Å². The number of amides is 11. The molecule has 6 aliphatic rings. The molecule has 3 heterocycles. The van der Waals surface area contributed by atoms with E-state index in [1.165, 1.54) is 68.6 Å². The van der Waals surface area contributed by atoms with Gasteiger partial charge in [0.25, 0.3) is 0 Å². The molecule has 3 saturated heterocycles. The van der Waals surface area contributed by atoms with Crippen LogP contribution < -0.4 is 21.3 Å². The maximum Gasteiger partial charge on any atom is 0.417 e. The second kappa shape index (κ2) is 31.1. The molecule has 22 nitrogen and oxygen atoms in total. The summed E-state index contributed by atoms with van der Waals surface area (Å²) in [6.07, 6.45) is 5.48. The first-order valence-electron chi connectivity index (χ1n) is 33.3. The third kappa shape index (κ3) is 16.7. The Labute approximate surface area is 544 Å². The highest BCUT2D eigenvalue weighted by Crippen LogP contribution is 2.52. The molecule has 0 bridgehead atoms. The van der Waals surface area contributed by atoms with E-state index in [1.807, 2.05) is 13.8 Å². The van der Waals surface area contributed by atoms with Crippen LogP contribution in [0.15, 0.2) is 18.2 Å². The fraction of sp³-hybridized carbons (Fsp3) is 0.742. The lowest BCUT2D eigenvalue weighted by molar-refractivity contribution is -0.176. The van der Waals surface area contributed by atoms with Crippen LogP contribution in [-0.2, 0) is 65.3 Å². The van der Waals surface area contributed by atoms with E-state index in [9.17, 15) is 51.5 Å². The molecule has 6 fully saturated rings. The van der Waals surface area contributed by atoms with Gasteiger partial charge in [-0.1, -0.05) is 103 Å². The van der Waals surface area contributed by atoms with Crippen LogP contribution in [0.25, 0.3) is 0 Å². The number of benzene rings is 1. The molecule has 7 rings (SSSR count). The van der Waals surface area contributed by atoms with Gasteiger partial charge in [-0.3, -0.25) is 52.7 Å². The van der Waals surface area contributed by atoms with Crippen LogP contribution in [0.4, 0.5) is 13.2 Å². The molecular formula is C66H99ClF3N11O11. The predicted octanol–water partition coefficient (Wildman–Crippen LogP) is 5.31. The van der Waals surface area contributed by atoms with Crippen LogP contribution in [-0.4, -0.2) is 215 Å². The molecule has 512 valence electrons. The first-order chi connectivity index (χ1) is 43.3. The topological polar surface area (TPSA) is 259 Å². The Bertz CT molecular complexity index is 2900. The predicted molar refractivity (Wildman–Crippen MR) is 337 cm³/mol. The number of alkyl halides is 3. The second-order valence-corrected chi connectivity index (χ2v) is 28.1. The Morgan fingerprint density at radius 1 is 0.674 bits per heavy atom. The van der Waals surface area contributed by atoms with Crippen LogP contribution >= 0.6 is 11.6 Å². The Hall–Kier alpha value is -6.53. The monoisotopic (exact) mass is 1310 g/mol.